The summed E-state index contributed by atoms with van der Waals surface area (Å²) in [5.41, 5.74) is -0.0350. The van der Waals surface area contributed by atoms with Gasteiger partial charge < -0.3 is 9.15 Å². The van der Waals surface area contributed by atoms with E-state index in [4.69, 9.17) is 9.15 Å². The van der Waals surface area contributed by atoms with Crippen molar-refractivity contribution in [2.75, 3.05) is 6.61 Å². The number of carbonyl (C=O) groups excluding carboxylic acids is 1. The fourth-order valence-electron chi connectivity index (χ4n) is 2.37. The predicted molar refractivity (Wildman–Crippen MR) is 103 cm³/mol. The van der Waals surface area contributed by atoms with Crippen molar-refractivity contribution in [1.82, 2.24) is 4.98 Å². The molecule has 0 fully saturated rings. The molecule has 0 saturated carbocycles. The Labute approximate surface area is 161 Å². The molecule has 1 aromatic carbocycles. The summed E-state index contributed by atoms with van der Waals surface area (Å²) >= 11 is 1.38. The molecule has 0 N–H and O–H groups in total. The maximum absolute atomic E-state index is 13.2. The van der Waals surface area contributed by atoms with E-state index < -0.39 is 15.8 Å². The molecule has 0 unspecified atom stereocenters. The fraction of sp³-hybridized carbons (Fsp3) is 0.158. The number of carbonyl (C=O) groups is 1. The zero-order valence-corrected chi connectivity index (χ0v) is 16.3. The second-order valence-electron chi connectivity index (χ2n) is 5.48. The first-order valence-corrected chi connectivity index (χ1v) is 10.5. The summed E-state index contributed by atoms with van der Waals surface area (Å²) in [5.74, 6) is -0.603. The van der Waals surface area contributed by atoms with Crippen LogP contribution in [0.5, 0.6) is 0 Å². The number of rotatable bonds is 6. The van der Waals surface area contributed by atoms with Crippen LogP contribution < -0.4 is 0 Å². The van der Waals surface area contributed by atoms with Crippen molar-refractivity contribution in [2.24, 2.45) is 0 Å². The molecule has 0 bridgehead atoms. The van der Waals surface area contributed by atoms with E-state index in [1.165, 1.54) is 29.5 Å². The second kappa shape index (κ2) is 7.89. The van der Waals surface area contributed by atoms with Gasteiger partial charge in [0, 0.05) is 4.88 Å². The van der Waals surface area contributed by atoms with Gasteiger partial charge in [-0.05, 0) is 43.5 Å². The largest absolute Gasteiger partial charge is 0.461 e. The van der Waals surface area contributed by atoms with Gasteiger partial charge in [0.2, 0.25) is 15.7 Å². The van der Waals surface area contributed by atoms with Gasteiger partial charge in [-0.25, -0.2) is 18.2 Å². The van der Waals surface area contributed by atoms with Crippen LogP contribution in [-0.2, 0) is 14.6 Å². The third-order valence-electron chi connectivity index (χ3n) is 3.64. The lowest BCUT2D eigenvalue weighted by Crippen LogP contribution is -2.08. The van der Waals surface area contributed by atoms with E-state index in [1.807, 2.05) is 11.4 Å². The molecule has 0 aliphatic carbocycles. The van der Waals surface area contributed by atoms with Gasteiger partial charge in [0.1, 0.15) is 10.7 Å². The van der Waals surface area contributed by atoms with Gasteiger partial charge in [-0.3, -0.25) is 0 Å². The molecule has 0 aliphatic rings. The number of hydrogen-bond donors (Lipinski definition) is 0. The molecule has 0 aliphatic heterocycles. The number of hydrogen-bond acceptors (Lipinski definition) is 7. The van der Waals surface area contributed by atoms with Crippen LogP contribution in [0.1, 0.15) is 33.9 Å². The summed E-state index contributed by atoms with van der Waals surface area (Å²) in [5, 5.41) is 1.84. The molecule has 140 valence electrons. The number of sulfone groups is 1. The molecule has 0 spiro atoms. The number of aromatic nitrogens is 1. The van der Waals surface area contributed by atoms with Crippen molar-refractivity contribution in [3.8, 4) is 0 Å². The third-order valence-corrected chi connectivity index (χ3v) is 6.22. The Morgan fingerprint density at radius 3 is 2.59 bits per heavy atom. The summed E-state index contributed by atoms with van der Waals surface area (Å²) < 4.78 is 36.9. The van der Waals surface area contributed by atoms with E-state index in [1.54, 1.807) is 38.1 Å². The molecule has 8 heteroatoms. The summed E-state index contributed by atoms with van der Waals surface area (Å²) in [4.78, 5) is 16.9. The van der Waals surface area contributed by atoms with Crippen molar-refractivity contribution in [1.29, 1.82) is 0 Å². The first-order valence-electron chi connectivity index (χ1n) is 8.13. The molecule has 0 saturated heterocycles. The first kappa shape index (κ1) is 19.1. The highest BCUT2D eigenvalue weighted by molar-refractivity contribution is 8.00. The number of benzene rings is 1. The normalized spacial score (nSPS) is 12.1. The molecule has 27 heavy (non-hydrogen) atoms. The molecule has 3 rings (SSSR count). The smallest absolute Gasteiger partial charge is 0.360 e. The average molecular weight is 403 g/mol. The zero-order chi connectivity index (χ0) is 19.4. The fourth-order valence-corrected chi connectivity index (χ4v) is 4.47. The van der Waals surface area contributed by atoms with E-state index >= 15 is 0 Å². The summed E-state index contributed by atoms with van der Waals surface area (Å²) in [6.07, 6.45) is 1.49. The van der Waals surface area contributed by atoms with Gasteiger partial charge in [0.15, 0.2) is 5.69 Å². The van der Waals surface area contributed by atoms with E-state index in [0.717, 1.165) is 4.88 Å². The lowest BCUT2D eigenvalue weighted by atomic mass is 10.4. The number of ether oxygens (including phenoxy) is 1. The van der Waals surface area contributed by atoms with Crippen LogP contribution in [0.4, 0.5) is 0 Å². The highest BCUT2D eigenvalue weighted by Crippen LogP contribution is 2.31. The van der Waals surface area contributed by atoms with E-state index in [2.05, 4.69) is 4.98 Å². The summed E-state index contributed by atoms with van der Waals surface area (Å²) in [7, 11) is -3.91. The van der Waals surface area contributed by atoms with Gasteiger partial charge in [-0.2, -0.15) is 0 Å². The average Bonchev–Trinajstić information content (AvgIpc) is 3.30. The Hall–Kier alpha value is -2.71. The number of oxazole rings is 1. The van der Waals surface area contributed by atoms with Crippen LogP contribution in [0.25, 0.3) is 11.0 Å². The minimum Gasteiger partial charge on any atom is -0.461 e. The van der Waals surface area contributed by atoms with Crippen molar-refractivity contribution in [3.05, 3.63) is 70.1 Å². The van der Waals surface area contributed by atoms with Crippen LogP contribution in [0, 0.1) is 6.92 Å². The monoisotopic (exact) mass is 403 g/mol. The summed E-state index contributed by atoms with van der Waals surface area (Å²) in [6.45, 7) is 3.40. The molecule has 0 amide bonds. The maximum atomic E-state index is 13.2. The molecular formula is C19H17NO5S2. The van der Waals surface area contributed by atoms with Crippen molar-refractivity contribution in [2.45, 2.75) is 18.7 Å². The summed E-state index contributed by atoms with van der Waals surface area (Å²) in [6, 6.07) is 11.6. The Balaban J connectivity index is 2.15. The molecule has 2 aromatic heterocycles. The predicted octanol–water partition coefficient (Wildman–Crippen LogP) is 4.19. The van der Waals surface area contributed by atoms with Crippen LogP contribution in [-0.4, -0.2) is 26.0 Å². The molecular weight excluding hydrogens is 386 g/mol. The number of thiophene rings is 1. The standard InChI is InChI=1S/C19H17NO5S2/c1-3-24-19(21)17-13(2)25-18(20-17)16(12-14-8-7-11-26-14)27(22,23)15-9-5-4-6-10-15/h4-12H,3H2,1-2H3/b16-12+. The third kappa shape index (κ3) is 4.01. The van der Waals surface area contributed by atoms with E-state index in [0.29, 0.717) is 0 Å². The zero-order valence-electron chi connectivity index (χ0n) is 14.7. The van der Waals surface area contributed by atoms with Gasteiger partial charge in [0.05, 0.1) is 11.5 Å². The lowest BCUT2D eigenvalue weighted by molar-refractivity contribution is 0.0518. The van der Waals surface area contributed by atoms with Gasteiger partial charge >= 0.3 is 5.97 Å². The molecule has 0 atom stereocenters. The topological polar surface area (TPSA) is 86.5 Å². The Morgan fingerprint density at radius 2 is 1.96 bits per heavy atom. The van der Waals surface area contributed by atoms with Crippen LogP contribution >= 0.6 is 11.3 Å². The van der Waals surface area contributed by atoms with Crippen molar-refractivity contribution < 1.29 is 22.4 Å². The van der Waals surface area contributed by atoms with E-state index in [9.17, 15) is 13.2 Å². The molecule has 0 radical (unpaired) electrons. The molecule has 6 nitrogen and oxygen atoms in total. The Bertz CT molecular complexity index is 1060. The Morgan fingerprint density at radius 1 is 1.22 bits per heavy atom. The Kier molecular flexibility index (Phi) is 5.57. The first-order chi connectivity index (χ1) is 12.9. The quantitative estimate of drug-likeness (QED) is 0.574. The van der Waals surface area contributed by atoms with Crippen LogP contribution in [0.2, 0.25) is 0 Å². The SMILES string of the molecule is CCOC(=O)c1nc(/C(=C\c2cccs2)S(=O)(=O)c2ccccc2)oc1C. The number of nitrogens with zero attached hydrogens (tertiary/aromatic N) is 1. The van der Waals surface area contributed by atoms with Gasteiger partial charge in [0.25, 0.3) is 0 Å². The van der Waals surface area contributed by atoms with Crippen LogP contribution in [0.3, 0.4) is 0 Å². The molecule has 2 heterocycles. The maximum Gasteiger partial charge on any atom is 0.360 e. The highest BCUT2D eigenvalue weighted by Gasteiger charge is 2.29. The molecule has 3 aromatic rings. The van der Waals surface area contributed by atoms with Crippen LogP contribution in [0.15, 0.2) is 57.2 Å². The number of esters is 1. The minimum atomic E-state index is -3.91. The van der Waals surface area contributed by atoms with E-state index in [-0.39, 0.29) is 33.8 Å². The van der Waals surface area contributed by atoms with Crippen molar-refractivity contribution >= 4 is 38.1 Å². The van der Waals surface area contributed by atoms with Crippen molar-refractivity contribution in [3.63, 3.8) is 0 Å². The number of aryl methyl sites for hydroxylation is 1. The van der Waals surface area contributed by atoms with Gasteiger partial charge in [-0.15, -0.1) is 11.3 Å². The van der Waals surface area contributed by atoms with Gasteiger partial charge in [-0.1, -0.05) is 24.3 Å². The highest BCUT2D eigenvalue weighted by atomic mass is 32.2. The minimum absolute atomic E-state index is 0.0350. The second-order valence-corrected chi connectivity index (χ2v) is 8.38. The lowest BCUT2D eigenvalue weighted by Gasteiger charge is -2.06.